The second-order valence-electron chi connectivity index (χ2n) is 5.52. The summed E-state index contributed by atoms with van der Waals surface area (Å²) in [6.45, 7) is 2.96. The van der Waals surface area contributed by atoms with Crippen molar-refractivity contribution in [3.8, 4) is 5.75 Å². The molecule has 1 fully saturated rings. The van der Waals surface area contributed by atoms with Crippen LogP contribution in [0.15, 0.2) is 22.7 Å². The molecular weight excluding hydrogens is 332 g/mol. The SMILES string of the molecule is COc1ccc(C(C)NCCCC(=O)NC2CC2)cc1Br. The van der Waals surface area contributed by atoms with E-state index in [1.807, 2.05) is 6.07 Å². The first-order valence-electron chi connectivity index (χ1n) is 7.46. The van der Waals surface area contributed by atoms with Gasteiger partial charge in [0.05, 0.1) is 11.6 Å². The third-order valence-corrected chi connectivity index (χ3v) is 4.27. The predicted octanol–water partition coefficient (Wildman–Crippen LogP) is 3.17. The molecule has 1 unspecified atom stereocenters. The summed E-state index contributed by atoms with van der Waals surface area (Å²) >= 11 is 3.50. The Morgan fingerprint density at radius 1 is 1.48 bits per heavy atom. The van der Waals surface area contributed by atoms with Crippen LogP contribution in [0.5, 0.6) is 5.75 Å². The zero-order valence-corrected chi connectivity index (χ0v) is 14.2. The van der Waals surface area contributed by atoms with Crippen molar-refractivity contribution in [3.63, 3.8) is 0 Å². The van der Waals surface area contributed by atoms with Crippen LogP contribution in [0.25, 0.3) is 0 Å². The number of hydrogen-bond acceptors (Lipinski definition) is 3. The van der Waals surface area contributed by atoms with E-state index >= 15 is 0 Å². The largest absolute Gasteiger partial charge is 0.496 e. The highest BCUT2D eigenvalue weighted by Gasteiger charge is 2.22. The van der Waals surface area contributed by atoms with E-state index in [0.29, 0.717) is 12.5 Å². The molecule has 21 heavy (non-hydrogen) atoms. The highest BCUT2D eigenvalue weighted by molar-refractivity contribution is 9.10. The van der Waals surface area contributed by atoms with Gasteiger partial charge in [-0.2, -0.15) is 0 Å². The van der Waals surface area contributed by atoms with Crippen LogP contribution in [0.4, 0.5) is 0 Å². The summed E-state index contributed by atoms with van der Waals surface area (Å²) < 4.78 is 6.19. The van der Waals surface area contributed by atoms with Crippen LogP contribution in [0.2, 0.25) is 0 Å². The maximum Gasteiger partial charge on any atom is 0.220 e. The molecule has 1 aliphatic rings. The molecule has 2 N–H and O–H groups in total. The van der Waals surface area contributed by atoms with E-state index in [1.54, 1.807) is 7.11 Å². The number of ether oxygens (including phenoxy) is 1. The summed E-state index contributed by atoms with van der Waals surface area (Å²) in [5.41, 5.74) is 1.20. The Balaban J connectivity index is 1.69. The van der Waals surface area contributed by atoms with E-state index in [2.05, 4.69) is 45.6 Å². The van der Waals surface area contributed by atoms with Crippen LogP contribution in [0.3, 0.4) is 0 Å². The molecule has 0 heterocycles. The number of carbonyl (C=O) groups is 1. The standard InChI is InChI=1S/C16H23BrN2O2/c1-11(12-5-8-15(21-2)14(17)10-12)18-9-3-4-16(20)19-13-6-7-13/h5,8,10-11,13,18H,3-4,6-7,9H2,1-2H3,(H,19,20). The Bertz CT molecular complexity index is 489. The normalized spacial score (nSPS) is 15.6. The number of halogens is 1. The molecule has 1 amide bonds. The van der Waals surface area contributed by atoms with Crippen molar-refractivity contribution in [1.82, 2.24) is 10.6 Å². The molecule has 0 aromatic heterocycles. The fourth-order valence-corrected chi connectivity index (χ4v) is 2.72. The Morgan fingerprint density at radius 2 is 2.24 bits per heavy atom. The second kappa shape index (κ2) is 7.80. The van der Waals surface area contributed by atoms with Crippen molar-refractivity contribution in [3.05, 3.63) is 28.2 Å². The number of methoxy groups -OCH3 is 1. The molecule has 0 spiro atoms. The Kier molecular flexibility index (Phi) is 6.06. The summed E-state index contributed by atoms with van der Waals surface area (Å²) in [4.78, 5) is 11.6. The summed E-state index contributed by atoms with van der Waals surface area (Å²) in [6.07, 6.45) is 3.75. The highest BCUT2D eigenvalue weighted by Crippen LogP contribution is 2.27. The van der Waals surface area contributed by atoms with E-state index in [-0.39, 0.29) is 11.9 Å². The smallest absolute Gasteiger partial charge is 0.220 e. The van der Waals surface area contributed by atoms with Crippen molar-refractivity contribution in [1.29, 1.82) is 0 Å². The average Bonchev–Trinajstić information content (AvgIpc) is 3.27. The van der Waals surface area contributed by atoms with Crippen LogP contribution in [-0.2, 0) is 4.79 Å². The molecule has 0 radical (unpaired) electrons. The molecule has 5 heteroatoms. The van der Waals surface area contributed by atoms with E-state index < -0.39 is 0 Å². The van der Waals surface area contributed by atoms with Crippen LogP contribution < -0.4 is 15.4 Å². The van der Waals surface area contributed by atoms with E-state index in [1.165, 1.54) is 5.56 Å². The van der Waals surface area contributed by atoms with Crippen LogP contribution >= 0.6 is 15.9 Å². The average molecular weight is 355 g/mol. The van der Waals surface area contributed by atoms with Gasteiger partial charge in [-0.25, -0.2) is 0 Å². The number of hydrogen-bond donors (Lipinski definition) is 2. The number of nitrogens with one attached hydrogen (secondary N) is 2. The Morgan fingerprint density at radius 3 is 2.86 bits per heavy atom. The highest BCUT2D eigenvalue weighted by atomic mass is 79.9. The molecule has 0 bridgehead atoms. The van der Waals surface area contributed by atoms with Gasteiger partial charge in [-0.15, -0.1) is 0 Å². The van der Waals surface area contributed by atoms with Gasteiger partial charge in [0.15, 0.2) is 0 Å². The van der Waals surface area contributed by atoms with Gasteiger partial charge in [-0.05, 0) is 66.4 Å². The van der Waals surface area contributed by atoms with Crippen molar-refractivity contribution in [2.24, 2.45) is 0 Å². The monoisotopic (exact) mass is 354 g/mol. The fraction of sp³-hybridized carbons (Fsp3) is 0.562. The van der Waals surface area contributed by atoms with E-state index in [9.17, 15) is 4.79 Å². The molecule has 0 saturated heterocycles. The Hall–Kier alpha value is -1.07. The molecular formula is C16H23BrN2O2. The molecule has 0 aliphatic heterocycles. The zero-order valence-electron chi connectivity index (χ0n) is 12.6. The predicted molar refractivity (Wildman–Crippen MR) is 87.5 cm³/mol. The number of carbonyl (C=O) groups excluding carboxylic acids is 1. The van der Waals surface area contributed by atoms with Gasteiger partial charge < -0.3 is 15.4 Å². The molecule has 4 nitrogen and oxygen atoms in total. The van der Waals surface area contributed by atoms with Gasteiger partial charge in [-0.1, -0.05) is 6.07 Å². The lowest BCUT2D eigenvalue weighted by Gasteiger charge is -2.15. The minimum Gasteiger partial charge on any atom is -0.496 e. The third-order valence-electron chi connectivity index (χ3n) is 3.65. The van der Waals surface area contributed by atoms with Gasteiger partial charge in [0.1, 0.15) is 5.75 Å². The van der Waals surface area contributed by atoms with Crippen molar-refractivity contribution >= 4 is 21.8 Å². The molecule has 1 saturated carbocycles. The first kappa shape index (κ1) is 16.3. The molecule has 1 aromatic rings. The fourth-order valence-electron chi connectivity index (χ4n) is 2.16. The van der Waals surface area contributed by atoms with Gasteiger partial charge in [0.2, 0.25) is 5.91 Å². The van der Waals surface area contributed by atoms with Gasteiger partial charge in [0, 0.05) is 18.5 Å². The minimum atomic E-state index is 0.180. The van der Waals surface area contributed by atoms with Crippen LogP contribution in [0.1, 0.15) is 44.2 Å². The number of amides is 1. The summed E-state index contributed by atoms with van der Waals surface area (Å²) in [5, 5.41) is 6.45. The maximum absolute atomic E-state index is 11.6. The van der Waals surface area contributed by atoms with Gasteiger partial charge in [0.25, 0.3) is 0 Å². The van der Waals surface area contributed by atoms with Crippen molar-refractivity contribution in [2.45, 2.75) is 44.7 Å². The van der Waals surface area contributed by atoms with Gasteiger partial charge in [-0.3, -0.25) is 4.79 Å². The molecule has 1 aliphatic carbocycles. The molecule has 2 rings (SSSR count). The first-order valence-corrected chi connectivity index (χ1v) is 8.25. The number of rotatable bonds is 8. The molecule has 1 atom stereocenters. The van der Waals surface area contributed by atoms with Crippen LogP contribution in [0, 0.1) is 0 Å². The van der Waals surface area contributed by atoms with Gasteiger partial charge >= 0.3 is 0 Å². The number of benzene rings is 1. The minimum absolute atomic E-state index is 0.180. The summed E-state index contributed by atoms with van der Waals surface area (Å²) in [5.74, 6) is 1.02. The summed E-state index contributed by atoms with van der Waals surface area (Å²) in [7, 11) is 1.66. The van der Waals surface area contributed by atoms with E-state index in [4.69, 9.17) is 4.74 Å². The van der Waals surface area contributed by atoms with Crippen LogP contribution in [-0.4, -0.2) is 25.6 Å². The lowest BCUT2D eigenvalue weighted by molar-refractivity contribution is -0.121. The maximum atomic E-state index is 11.6. The Labute approximate surface area is 134 Å². The quantitative estimate of drug-likeness (QED) is 0.705. The zero-order chi connectivity index (χ0) is 15.2. The second-order valence-corrected chi connectivity index (χ2v) is 6.37. The molecule has 116 valence electrons. The van der Waals surface area contributed by atoms with Crippen molar-refractivity contribution in [2.75, 3.05) is 13.7 Å². The summed E-state index contributed by atoms with van der Waals surface area (Å²) in [6, 6.07) is 6.79. The molecule has 1 aromatic carbocycles. The van der Waals surface area contributed by atoms with E-state index in [0.717, 1.165) is 36.0 Å². The lowest BCUT2D eigenvalue weighted by Crippen LogP contribution is -2.27. The topological polar surface area (TPSA) is 50.4 Å². The lowest BCUT2D eigenvalue weighted by atomic mass is 10.1. The first-order chi connectivity index (χ1) is 10.1. The third kappa shape index (κ3) is 5.32. The van der Waals surface area contributed by atoms with Crippen molar-refractivity contribution < 1.29 is 9.53 Å².